The summed E-state index contributed by atoms with van der Waals surface area (Å²) >= 11 is 5.79. The van der Waals surface area contributed by atoms with Crippen LogP contribution in [0, 0.1) is 34.5 Å². The number of halogens is 1. The number of Topliss-reactive ketones (excluding diaryl/α,β-unsaturated/α-hetero) is 3. The Bertz CT molecular complexity index is 675. The van der Waals surface area contributed by atoms with E-state index in [-0.39, 0.29) is 47.0 Å². The standard InChI is InChI=1S/C21H29ClO4/c1-19-7-5-13(23)9-12(19)3-4-14-15-6-8-21(26,17(25)11-22)20(15,2)10-16(24)18(14)19/h12,14-15,18,26H,3-11H2,1-2H3/t12?,14-,15-,18+,19-,20-,21-/m0/s1. The molecule has 4 rings (SSSR count). The summed E-state index contributed by atoms with van der Waals surface area (Å²) in [6.07, 6.45) is 5.36. The van der Waals surface area contributed by atoms with E-state index in [9.17, 15) is 19.5 Å². The van der Waals surface area contributed by atoms with E-state index in [1.807, 2.05) is 6.92 Å². The normalized spacial score (nSPS) is 50.8. The zero-order chi connectivity index (χ0) is 18.9. The number of carbonyl (C=O) groups is 3. The van der Waals surface area contributed by atoms with Crippen molar-refractivity contribution in [1.29, 1.82) is 0 Å². The largest absolute Gasteiger partial charge is 0.381 e. The van der Waals surface area contributed by atoms with Crippen LogP contribution in [0.15, 0.2) is 0 Å². The van der Waals surface area contributed by atoms with E-state index in [4.69, 9.17) is 11.6 Å². The maximum atomic E-state index is 13.4. The molecule has 0 amide bonds. The van der Waals surface area contributed by atoms with E-state index < -0.39 is 11.0 Å². The van der Waals surface area contributed by atoms with Gasteiger partial charge in [-0.1, -0.05) is 13.8 Å². The van der Waals surface area contributed by atoms with Crippen molar-refractivity contribution in [2.45, 2.75) is 70.8 Å². The van der Waals surface area contributed by atoms with E-state index in [0.29, 0.717) is 31.0 Å². The number of rotatable bonds is 2. The predicted octanol–water partition coefficient (Wildman–Crippen LogP) is 3.32. The number of alkyl halides is 1. The van der Waals surface area contributed by atoms with Gasteiger partial charge in [0.1, 0.15) is 17.2 Å². The molecule has 0 heterocycles. The smallest absolute Gasteiger partial charge is 0.179 e. The van der Waals surface area contributed by atoms with Gasteiger partial charge in [-0.2, -0.15) is 0 Å². The van der Waals surface area contributed by atoms with Crippen LogP contribution in [0.5, 0.6) is 0 Å². The number of hydrogen-bond acceptors (Lipinski definition) is 4. The van der Waals surface area contributed by atoms with Crippen molar-refractivity contribution in [2.75, 3.05) is 5.88 Å². The lowest BCUT2D eigenvalue weighted by atomic mass is 9.44. The Labute approximate surface area is 160 Å². The molecule has 0 aromatic rings. The maximum Gasteiger partial charge on any atom is 0.179 e. The van der Waals surface area contributed by atoms with Gasteiger partial charge in [0, 0.05) is 30.6 Å². The van der Waals surface area contributed by atoms with E-state index in [1.54, 1.807) is 0 Å². The lowest BCUT2D eigenvalue weighted by Gasteiger charge is -2.59. The van der Waals surface area contributed by atoms with E-state index in [0.717, 1.165) is 25.7 Å². The minimum Gasteiger partial charge on any atom is -0.381 e. The molecule has 0 aliphatic heterocycles. The molecular formula is C21H29ClO4. The van der Waals surface area contributed by atoms with Crippen molar-refractivity contribution in [2.24, 2.45) is 34.5 Å². The second-order valence-electron chi connectivity index (χ2n) is 9.79. The summed E-state index contributed by atoms with van der Waals surface area (Å²) in [5.74, 6) is 0.663. The Morgan fingerprint density at radius 3 is 2.62 bits per heavy atom. The van der Waals surface area contributed by atoms with E-state index in [2.05, 4.69) is 6.92 Å². The summed E-state index contributed by atoms with van der Waals surface area (Å²) in [5.41, 5.74) is -2.28. The molecule has 5 heteroatoms. The molecule has 0 spiro atoms. The molecule has 0 saturated heterocycles. The molecule has 26 heavy (non-hydrogen) atoms. The van der Waals surface area contributed by atoms with Gasteiger partial charge in [0.2, 0.25) is 0 Å². The van der Waals surface area contributed by atoms with Crippen LogP contribution in [-0.4, -0.2) is 33.9 Å². The van der Waals surface area contributed by atoms with Gasteiger partial charge in [-0.15, -0.1) is 11.6 Å². The van der Waals surface area contributed by atoms with Gasteiger partial charge >= 0.3 is 0 Å². The van der Waals surface area contributed by atoms with Crippen LogP contribution in [-0.2, 0) is 14.4 Å². The third-order valence-electron chi connectivity index (χ3n) is 8.90. The molecule has 4 saturated carbocycles. The number of hydrogen-bond donors (Lipinski definition) is 1. The molecule has 0 aromatic carbocycles. The SMILES string of the molecule is C[C@]12CCC(=O)CC1CC[C@@H]1[C@@H]2C(=O)C[C@@]2(C)[C@H]1CC[C@]2(O)C(=O)CCl. The van der Waals surface area contributed by atoms with Crippen molar-refractivity contribution in [3.8, 4) is 0 Å². The number of carbonyl (C=O) groups excluding carboxylic acids is 3. The average Bonchev–Trinajstić information content (AvgIpc) is 2.86. The topological polar surface area (TPSA) is 71.4 Å². The first-order chi connectivity index (χ1) is 12.2. The molecule has 1 unspecified atom stereocenters. The molecule has 0 bridgehead atoms. The fourth-order valence-electron chi connectivity index (χ4n) is 7.43. The van der Waals surface area contributed by atoms with Gasteiger partial charge in [-0.25, -0.2) is 0 Å². The fourth-order valence-corrected chi connectivity index (χ4v) is 7.65. The number of aliphatic hydroxyl groups is 1. The number of fused-ring (bicyclic) bond motifs is 5. The highest BCUT2D eigenvalue weighted by Crippen LogP contribution is 2.67. The Balaban J connectivity index is 1.71. The predicted molar refractivity (Wildman–Crippen MR) is 97.8 cm³/mol. The van der Waals surface area contributed by atoms with Gasteiger partial charge in [-0.05, 0) is 55.3 Å². The maximum absolute atomic E-state index is 13.4. The number of ketones is 3. The van der Waals surface area contributed by atoms with Gasteiger partial charge in [0.05, 0.1) is 5.88 Å². The van der Waals surface area contributed by atoms with Crippen LogP contribution in [0.4, 0.5) is 0 Å². The zero-order valence-corrected chi connectivity index (χ0v) is 16.5. The fraction of sp³-hybridized carbons (Fsp3) is 0.857. The third kappa shape index (κ3) is 2.21. The highest BCUT2D eigenvalue weighted by atomic mass is 35.5. The molecule has 4 aliphatic carbocycles. The van der Waals surface area contributed by atoms with Crippen molar-refractivity contribution in [3.63, 3.8) is 0 Å². The highest BCUT2D eigenvalue weighted by molar-refractivity contribution is 6.29. The summed E-state index contributed by atoms with van der Waals surface area (Å²) in [4.78, 5) is 37.8. The van der Waals surface area contributed by atoms with Gasteiger partial charge in [0.15, 0.2) is 5.78 Å². The summed E-state index contributed by atoms with van der Waals surface area (Å²) in [7, 11) is 0. The van der Waals surface area contributed by atoms with E-state index >= 15 is 0 Å². The molecular weight excluding hydrogens is 352 g/mol. The van der Waals surface area contributed by atoms with Crippen molar-refractivity contribution >= 4 is 29.0 Å². The summed E-state index contributed by atoms with van der Waals surface area (Å²) in [6, 6.07) is 0. The molecule has 4 aliphatic rings. The van der Waals surface area contributed by atoms with Gasteiger partial charge in [-0.3, -0.25) is 14.4 Å². The van der Waals surface area contributed by atoms with Gasteiger partial charge in [0.25, 0.3) is 0 Å². The molecule has 0 radical (unpaired) electrons. The minimum atomic E-state index is -1.47. The van der Waals surface area contributed by atoms with Crippen LogP contribution in [0.3, 0.4) is 0 Å². The molecule has 4 nitrogen and oxygen atoms in total. The van der Waals surface area contributed by atoms with Gasteiger partial charge < -0.3 is 5.11 Å². The Morgan fingerprint density at radius 1 is 1.19 bits per heavy atom. The molecule has 4 fully saturated rings. The zero-order valence-electron chi connectivity index (χ0n) is 15.7. The highest BCUT2D eigenvalue weighted by Gasteiger charge is 2.68. The minimum absolute atomic E-state index is 0.0270. The first-order valence-corrected chi connectivity index (χ1v) is 10.6. The molecule has 1 N–H and O–H groups in total. The van der Waals surface area contributed by atoms with Crippen LogP contribution < -0.4 is 0 Å². The monoisotopic (exact) mass is 380 g/mol. The van der Waals surface area contributed by atoms with Crippen LogP contribution in [0.2, 0.25) is 0 Å². The average molecular weight is 381 g/mol. The third-order valence-corrected chi connectivity index (χ3v) is 9.15. The lowest BCUT2D eigenvalue weighted by Crippen LogP contribution is -2.61. The van der Waals surface area contributed by atoms with Crippen molar-refractivity contribution < 1.29 is 19.5 Å². The molecule has 0 aromatic heterocycles. The molecule has 144 valence electrons. The van der Waals surface area contributed by atoms with Crippen LogP contribution in [0.25, 0.3) is 0 Å². The second-order valence-corrected chi connectivity index (χ2v) is 10.1. The quantitative estimate of drug-likeness (QED) is 0.746. The summed E-state index contributed by atoms with van der Waals surface area (Å²) in [6.45, 7) is 4.15. The lowest BCUT2D eigenvalue weighted by molar-refractivity contribution is -0.176. The van der Waals surface area contributed by atoms with Crippen molar-refractivity contribution in [1.82, 2.24) is 0 Å². The van der Waals surface area contributed by atoms with Crippen LogP contribution >= 0.6 is 11.6 Å². The van der Waals surface area contributed by atoms with Crippen molar-refractivity contribution in [3.05, 3.63) is 0 Å². The Hall–Kier alpha value is -0.740. The Kier molecular flexibility index (Phi) is 4.21. The van der Waals surface area contributed by atoms with Crippen LogP contribution in [0.1, 0.15) is 65.2 Å². The summed E-state index contributed by atoms with van der Waals surface area (Å²) in [5, 5.41) is 11.2. The first kappa shape index (κ1) is 18.6. The van der Waals surface area contributed by atoms with E-state index in [1.165, 1.54) is 0 Å². The summed E-state index contributed by atoms with van der Waals surface area (Å²) < 4.78 is 0. The first-order valence-electron chi connectivity index (χ1n) is 10.0. The molecule has 7 atom stereocenters. The Morgan fingerprint density at radius 2 is 1.92 bits per heavy atom. The second kappa shape index (κ2) is 5.88.